The van der Waals surface area contributed by atoms with Crippen molar-refractivity contribution >= 4 is 51.5 Å². The molecule has 2 N–H and O–H groups in total. The highest BCUT2D eigenvalue weighted by atomic mass is 35.5. The van der Waals surface area contributed by atoms with Crippen LogP contribution in [0.4, 0.5) is 5.69 Å². The molecule has 0 aliphatic carbocycles. The van der Waals surface area contributed by atoms with Crippen LogP contribution in [0.3, 0.4) is 0 Å². The number of fused-ring (bicyclic) bond motifs is 1. The molecule has 0 saturated heterocycles. The van der Waals surface area contributed by atoms with Gasteiger partial charge < -0.3 is 10.3 Å². The SMILES string of the molecule is Cc1ccc(Cl)cc1NC(=O)C(=O)c1c[nH]c2ccc(Cl)cc12. The molecule has 0 atom stereocenters. The Hall–Kier alpha value is -2.30. The lowest BCUT2D eigenvalue weighted by atomic mass is 10.1. The third-order valence-corrected chi connectivity index (χ3v) is 4.01. The van der Waals surface area contributed by atoms with Crippen molar-refractivity contribution in [3.63, 3.8) is 0 Å². The Bertz CT molecular complexity index is 931. The van der Waals surface area contributed by atoms with Gasteiger partial charge in [-0.05, 0) is 42.8 Å². The summed E-state index contributed by atoms with van der Waals surface area (Å²) < 4.78 is 0. The zero-order valence-corrected chi connectivity index (χ0v) is 13.6. The van der Waals surface area contributed by atoms with E-state index in [1.165, 1.54) is 6.20 Å². The summed E-state index contributed by atoms with van der Waals surface area (Å²) in [7, 11) is 0. The standard InChI is InChI=1S/C17H12Cl2N2O2/c1-9-2-3-11(19)7-15(9)21-17(23)16(22)13-8-20-14-5-4-10(18)6-12(13)14/h2-8,20H,1H3,(H,21,23). The summed E-state index contributed by atoms with van der Waals surface area (Å²) in [4.78, 5) is 27.6. The molecule has 0 fully saturated rings. The summed E-state index contributed by atoms with van der Waals surface area (Å²) in [5, 5.41) is 4.19. The van der Waals surface area contributed by atoms with E-state index in [2.05, 4.69) is 10.3 Å². The van der Waals surface area contributed by atoms with Gasteiger partial charge >= 0.3 is 0 Å². The Morgan fingerprint density at radius 3 is 2.52 bits per heavy atom. The third kappa shape index (κ3) is 3.09. The molecule has 3 aromatic rings. The number of hydrogen-bond donors (Lipinski definition) is 2. The van der Waals surface area contributed by atoms with E-state index >= 15 is 0 Å². The number of benzene rings is 2. The number of rotatable bonds is 3. The molecule has 0 aliphatic rings. The van der Waals surface area contributed by atoms with Crippen LogP contribution in [-0.4, -0.2) is 16.7 Å². The lowest BCUT2D eigenvalue weighted by molar-refractivity contribution is -0.112. The van der Waals surface area contributed by atoms with Gasteiger partial charge in [0.25, 0.3) is 11.7 Å². The third-order valence-electron chi connectivity index (χ3n) is 3.54. The number of nitrogens with one attached hydrogen (secondary N) is 2. The molecule has 3 rings (SSSR count). The van der Waals surface area contributed by atoms with Crippen LogP contribution in [-0.2, 0) is 4.79 Å². The van der Waals surface area contributed by atoms with E-state index in [1.54, 1.807) is 36.4 Å². The molecule has 0 bridgehead atoms. The molecule has 2 aromatic carbocycles. The highest BCUT2D eigenvalue weighted by molar-refractivity contribution is 6.48. The zero-order chi connectivity index (χ0) is 16.6. The number of hydrogen-bond acceptors (Lipinski definition) is 2. The molecule has 116 valence electrons. The number of H-pyrrole nitrogens is 1. The number of carbonyl (C=O) groups is 2. The van der Waals surface area contributed by atoms with Gasteiger partial charge in [0.1, 0.15) is 0 Å². The molecule has 0 saturated carbocycles. The molecule has 0 aliphatic heterocycles. The maximum absolute atomic E-state index is 12.4. The van der Waals surface area contributed by atoms with Gasteiger partial charge in [-0.1, -0.05) is 29.3 Å². The van der Waals surface area contributed by atoms with Crippen molar-refractivity contribution in [1.29, 1.82) is 0 Å². The maximum atomic E-state index is 12.4. The highest BCUT2D eigenvalue weighted by Crippen LogP contribution is 2.24. The summed E-state index contributed by atoms with van der Waals surface area (Å²) >= 11 is 11.9. The van der Waals surface area contributed by atoms with Crippen molar-refractivity contribution in [2.45, 2.75) is 6.92 Å². The highest BCUT2D eigenvalue weighted by Gasteiger charge is 2.20. The van der Waals surface area contributed by atoms with E-state index in [0.29, 0.717) is 21.1 Å². The van der Waals surface area contributed by atoms with Gasteiger partial charge in [0.15, 0.2) is 0 Å². The molecule has 23 heavy (non-hydrogen) atoms. The number of aromatic amines is 1. The van der Waals surface area contributed by atoms with Crippen LogP contribution in [0.5, 0.6) is 0 Å². The second-order valence-corrected chi connectivity index (χ2v) is 6.01. The van der Waals surface area contributed by atoms with Gasteiger partial charge in [-0.15, -0.1) is 0 Å². The average molecular weight is 347 g/mol. The minimum absolute atomic E-state index is 0.277. The van der Waals surface area contributed by atoms with E-state index in [4.69, 9.17) is 23.2 Å². The van der Waals surface area contributed by atoms with E-state index in [0.717, 1.165) is 11.1 Å². The smallest absolute Gasteiger partial charge is 0.296 e. The average Bonchev–Trinajstić information content (AvgIpc) is 2.93. The number of aromatic nitrogens is 1. The number of amides is 1. The Morgan fingerprint density at radius 1 is 1.04 bits per heavy atom. The van der Waals surface area contributed by atoms with Crippen molar-refractivity contribution in [2.75, 3.05) is 5.32 Å². The van der Waals surface area contributed by atoms with Crippen LogP contribution in [0.15, 0.2) is 42.6 Å². The Labute approximate surface area is 142 Å². The topological polar surface area (TPSA) is 62.0 Å². The molecule has 1 amide bonds. The summed E-state index contributed by atoms with van der Waals surface area (Å²) in [6, 6.07) is 10.2. The summed E-state index contributed by atoms with van der Waals surface area (Å²) in [5.74, 6) is -1.37. The minimum atomic E-state index is -0.726. The molecule has 0 spiro atoms. The van der Waals surface area contributed by atoms with Crippen LogP contribution < -0.4 is 5.32 Å². The number of carbonyl (C=O) groups excluding carboxylic acids is 2. The normalized spacial score (nSPS) is 10.7. The van der Waals surface area contributed by atoms with Crippen molar-refractivity contribution in [3.8, 4) is 0 Å². The van der Waals surface area contributed by atoms with Gasteiger partial charge in [-0.25, -0.2) is 0 Å². The first-order chi connectivity index (χ1) is 11.0. The van der Waals surface area contributed by atoms with Crippen LogP contribution in [0.1, 0.15) is 15.9 Å². The number of halogens is 2. The van der Waals surface area contributed by atoms with Gasteiger partial charge in [0, 0.05) is 32.8 Å². The van der Waals surface area contributed by atoms with Crippen molar-refractivity contribution < 1.29 is 9.59 Å². The molecule has 4 nitrogen and oxygen atoms in total. The lowest BCUT2D eigenvalue weighted by Gasteiger charge is -2.08. The van der Waals surface area contributed by atoms with Crippen LogP contribution in [0.25, 0.3) is 10.9 Å². The largest absolute Gasteiger partial charge is 0.360 e. The molecule has 1 heterocycles. The zero-order valence-electron chi connectivity index (χ0n) is 12.1. The molecule has 6 heteroatoms. The van der Waals surface area contributed by atoms with Gasteiger partial charge in [0.05, 0.1) is 5.56 Å². The van der Waals surface area contributed by atoms with Crippen LogP contribution in [0.2, 0.25) is 10.0 Å². The first kappa shape index (κ1) is 15.6. The Morgan fingerprint density at radius 2 is 1.74 bits per heavy atom. The van der Waals surface area contributed by atoms with Gasteiger partial charge in [-0.3, -0.25) is 9.59 Å². The quantitative estimate of drug-likeness (QED) is 0.537. The predicted molar refractivity (Wildman–Crippen MR) is 92.5 cm³/mol. The number of ketones is 1. The summed E-state index contributed by atoms with van der Waals surface area (Å²) in [6.45, 7) is 1.82. The van der Waals surface area contributed by atoms with Crippen LogP contribution >= 0.6 is 23.2 Å². The summed E-state index contributed by atoms with van der Waals surface area (Å²) in [5.41, 5.74) is 2.34. The Kier molecular flexibility index (Phi) is 4.11. The monoisotopic (exact) mass is 346 g/mol. The van der Waals surface area contributed by atoms with Crippen LogP contribution in [0, 0.1) is 6.92 Å². The molecule has 1 aromatic heterocycles. The van der Waals surface area contributed by atoms with Crippen molar-refractivity contribution in [2.24, 2.45) is 0 Å². The van der Waals surface area contributed by atoms with Gasteiger partial charge in [-0.2, -0.15) is 0 Å². The van der Waals surface area contributed by atoms with E-state index in [1.807, 2.05) is 6.92 Å². The summed E-state index contributed by atoms with van der Waals surface area (Å²) in [6.07, 6.45) is 1.51. The first-order valence-electron chi connectivity index (χ1n) is 6.84. The predicted octanol–water partition coefficient (Wildman–Crippen LogP) is 4.60. The molecule has 0 unspecified atom stereocenters. The second-order valence-electron chi connectivity index (χ2n) is 5.13. The minimum Gasteiger partial charge on any atom is -0.360 e. The van der Waals surface area contributed by atoms with Gasteiger partial charge in [0.2, 0.25) is 0 Å². The van der Waals surface area contributed by atoms with Crippen molar-refractivity contribution in [3.05, 3.63) is 63.8 Å². The van der Waals surface area contributed by atoms with E-state index in [-0.39, 0.29) is 5.56 Å². The lowest BCUT2D eigenvalue weighted by Crippen LogP contribution is -2.23. The second kappa shape index (κ2) is 6.07. The fraction of sp³-hybridized carbons (Fsp3) is 0.0588. The maximum Gasteiger partial charge on any atom is 0.296 e. The molecule has 0 radical (unpaired) electrons. The van der Waals surface area contributed by atoms with E-state index < -0.39 is 11.7 Å². The Balaban J connectivity index is 1.91. The number of aryl methyl sites for hydroxylation is 1. The van der Waals surface area contributed by atoms with Crippen molar-refractivity contribution in [1.82, 2.24) is 4.98 Å². The molecular formula is C17H12Cl2N2O2. The molecular weight excluding hydrogens is 335 g/mol. The fourth-order valence-corrected chi connectivity index (χ4v) is 2.66. The fourth-order valence-electron chi connectivity index (χ4n) is 2.31. The van der Waals surface area contributed by atoms with E-state index in [9.17, 15) is 9.59 Å². The first-order valence-corrected chi connectivity index (χ1v) is 7.60. The number of Topliss-reactive ketones (excluding diaryl/α,β-unsaturated/α-hetero) is 1. The number of anilines is 1.